The van der Waals surface area contributed by atoms with Crippen LogP contribution >= 0.6 is 15.9 Å². The summed E-state index contributed by atoms with van der Waals surface area (Å²) < 4.78 is 46.5. The summed E-state index contributed by atoms with van der Waals surface area (Å²) in [5.74, 6) is 1.78. The SMILES string of the molecule is COc1ccc(-c2oc(C(Br)CCNS(=O)[O-])c(O[Si](C)(C)C)c2O)c(OC)c1. The van der Waals surface area contributed by atoms with E-state index in [-0.39, 0.29) is 28.6 Å². The monoisotopic (exact) mass is 506 g/mol. The third-order valence-corrected chi connectivity index (χ3v) is 5.96. The van der Waals surface area contributed by atoms with E-state index in [0.717, 1.165) is 0 Å². The molecule has 0 amide bonds. The zero-order valence-corrected chi connectivity index (χ0v) is 20.3. The van der Waals surface area contributed by atoms with Gasteiger partial charge in [-0.1, -0.05) is 15.9 Å². The van der Waals surface area contributed by atoms with Crippen molar-refractivity contribution in [3.05, 3.63) is 24.0 Å². The van der Waals surface area contributed by atoms with Gasteiger partial charge in [-0.05, 0) is 38.2 Å². The summed E-state index contributed by atoms with van der Waals surface area (Å²) in [7, 11) is 0.979. The van der Waals surface area contributed by atoms with Gasteiger partial charge in [0.2, 0.25) is 14.1 Å². The van der Waals surface area contributed by atoms with Crippen LogP contribution in [0.4, 0.5) is 0 Å². The molecule has 2 rings (SSSR count). The number of methoxy groups -OCH3 is 2. The average Bonchev–Trinajstić information content (AvgIpc) is 2.95. The summed E-state index contributed by atoms with van der Waals surface area (Å²) in [6.07, 6.45) is 0.391. The van der Waals surface area contributed by atoms with Gasteiger partial charge in [0.05, 0.1) is 24.6 Å². The fraction of sp³-hybridized carbons (Fsp3) is 0.444. The molecule has 0 spiro atoms. The Morgan fingerprint density at radius 3 is 2.55 bits per heavy atom. The Kier molecular flexibility index (Phi) is 8.17. The van der Waals surface area contributed by atoms with E-state index in [1.807, 2.05) is 19.6 Å². The first-order chi connectivity index (χ1) is 13.6. The van der Waals surface area contributed by atoms with Gasteiger partial charge in [0.25, 0.3) is 0 Å². The molecule has 29 heavy (non-hydrogen) atoms. The van der Waals surface area contributed by atoms with Gasteiger partial charge >= 0.3 is 0 Å². The average molecular weight is 507 g/mol. The Labute approximate surface area is 182 Å². The maximum absolute atomic E-state index is 10.9. The quantitative estimate of drug-likeness (QED) is 0.283. The number of halogens is 1. The number of alkyl halides is 1. The fourth-order valence-electron chi connectivity index (χ4n) is 2.60. The topological polar surface area (TPSA) is 113 Å². The summed E-state index contributed by atoms with van der Waals surface area (Å²) in [6, 6.07) is 5.15. The van der Waals surface area contributed by atoms with Crippen LogP contribution < -0.4 is 18.6 Å². The number of nitrogens with one attached hydrogen (secondary N) is 1. The van der Waals surface area contributed by atoms with E-state index in [0.29, 0.717) is 29.2 Å². The van der Waals surface area contributed by atoms with E-state index >= 15 is 0 Å². The van der Waals surface area contributed by atoms with E-state index < -0.39 is 19.6 Å². The Morgan fingerprint density at radius 2 is 2.00 bits per heavy atom. The van der Waals surface area contributed by atoms with Crippen LogP contribution in [-0.4, -0.2) is 42.9 Å². The Morgan fingerprint density at radius 1 is 1.31 bits per heavy atom. The molecule has 0 aliphatic rings. The van der Waals surface area contributed by atoms with Crippen molar-refractivity contribution in [2.24, 2.45) is 0 Å². The minimum atomic E-state index is -2.35. The van der Waals surface area contributed by atoms with Gasteiger partial charge < -0.3 is 28.0 Å². The van der Waals surface area contributed by atoms with Crippen molar-refractivity contribution in [2.75, 3.05) is 20.8 Å². The third-order valence-electron chi connectivity index (χ3n) is 3.83. The summed E-state index contributed by atoms with van der Waals surface area (Å²) in [6.45, 7) is 6.16. The van der Waals surface area contributed by atoms with Gasteiger partial charge in [-0.2, -0.15) is 0 Å². The van der Waals surface area contributed by atoms with Gasteiger partial charge in [-0.3, -0.25) is 4.21 Å². The second-order valence-corrected chi connectivity index (χ2v) is 13.4. The van der Waals surface area contributed by atoms with Crippen molar-refractivity contribution in [3.63, 3.8) is 0 Å². The van der Waals surface area contributed by atoms with Crippen LogP contribution in [0.2, 0.25) is 19.6 Å². The van der Waals surface area contributed by atoms with Crippen LogP contribution in [0.3, 0.4) is 0 Å². The lowest BCUT2D eigenvalue weighted by atomic mass is 10.1. The van der Waals surface area contributed by atoms with E-state index in [1.165, 1.54) is 7.11 Å². The molecule has 2 aromatic rings. The van der Waals surface area contributed by atoms with Gasteiger partial charge in [0.15, 0.2) is 17.3 Å². The standard InChI is InChI=1S/C18H26BrNO7SSi/c1-24-11-6-7-12(14(10-11)25-2)16-15(21)18(27-29(3,4)5)17(26-16)13(19)8-9-20-28(22)23/h6-7,10,13,20-21H,8-9H2,1-5H3,(H,22,23)/p-1. The molecule has 0 radical (unpaired) electrons. The molecule has 162 valence electrons. The van der Waals surface area contributed by atoms with Crippen LogP contribution in [-0.2, 0) is 11.3 Å². The van der Waals surface area contributed by atoms with E-state index in [1.54, 1.807) is 25.3 Å². The Bertz CT molecular complexity index is 869. The summed E-state index contributed by atoms with van der Waals surface area (Å²) in [5, 5.41) is 10.9. The van der Waals surface area contributed by atoms with Crippen LogP contribution in [0, 0.1) is 0 Å². The first kappa shape index (κ1) is 23.7. The first-order valence-electron chi connectivity index (χ1n) is 8.81. The summed E-state index contributed by atoms with van der Waals surface area (Å²) in [4.78, 5) is -0.381. The van der Waals surface area contributed by atoms with Crippen LogP contribution in [0.25, 0.3) is 11.3 Å². The van der Waals surface area contributed by atoms with Crippen LogP contribution in [0.15, 0.2) is 22.6 Å². The third kappa shape index (κ3) is 6.22. The van der Waals surface area contributed by atoms with E-state index in [9.17, 15) is 13.9 Å². The fourth-order valence-corrected chi connectivity index (χ4v) is 4.23. The van der Waals surface area contributed by atoms with Crippen LogP contribution in [0.1, 0.15) is 17.0 Å². The molecule has 0 aliphatic carbocycles. The highest BCUT2D eigenvalue weighted by Crippen LogP contribution is 2.50. The molecule has 0 saturated carbocycles. The Balaban J connectivity index is 2.50. The van der Waals surface area contributed by atoms with Crippen molar-refractivity contribution in [2.45, 2.75) is 30.9 Å². The number of hydrogen-bond acceptors (Lipinski definition) is 7. The normalized spacial score (nSPS) is 13.8. The molecule has 2 unspecified atom stereocenters. The highest BCUT2D eigenvalue weighted by atomic mass is 79.9. The molecule has 0 bridgehead atoms. The molecule has 2 N–H and O–H groups in total. The highest BCUT2D eigenvalue weighted by molar-refractivity contribution is 9.09. The highest BCUT2D eigenvalue weighted by Gasteiger charge is 2.31. The maximum Gasteiger partial charge on any atom is 0.242 e. The molecule has 1 aromatic heterocycles. The Hall–Kier alpha value is -1.53. The molecule has 1 heterocycles. The van der Waals surface area contributed by atoms with Gasteiger partial charge in [0, 0.05) is 23.9 Å². The predicted octanol–water partition coefficient (Wildman–Crippen LogP) is 4.09. The van der Waals surface area contributed by atoms with Crippen molar-refractivity contribution >= 4 is 35.5 Å². The number of hydrogen-bond donors (Lipinski definition) is 2. The largest absolute Gasteiger partial charge is 0.760 e. The number of furan rings is 1. The molecule has 8 nitrogen and oxygen atoms in total. The lowest BCUT2D eigenvalue weighted by molar-refractivity contribution is 0.393. The minimum absolute atomic E-state index is 0.129. The molecule has 11 heteroatoms. The van der Waals surface area contributed by atoms with E-state index in [2.05, 4.69) is 20.7 Å². The maximum atomic E-state index is 10.9. The lowest BCUT2D eigenvalue weighted by Crippen LogP contribution is -2.29. The second kappa shape index (κ2) is 9.98. The van der Waals surface area contributed by atoms with Crippen LogP contribution in [0.5, 0.6) is 23.0 Å². The van der Waals surface area contributed by atoms with Gasteiger partial charge in [-0.15, -0.1) is 0 Å². The number of aromatic hydroxyl groups is 1. The molecule has 0 aliphatic heterocycles. The van der Waals surface area contributed by atoms with Gasteiger partial charge in [0.1, 0.15) is 11.5 Å². The molecule has 0 saturated heterocycles. The number of rotatable bonds is 10. The number of benzene rings is 1. The zero-order chi connectivity index (χ0) is 21.8. The molecule has 1 aromatic carbocycles. The smallest absolute Gasteiger partial charge is 0.242 e. The number of ether oxygens (including phenoxy) is 2. The summed E-state index contributed by atoms with van der Waals surface area (Å²) >= 11 is 1.16. The van der Waals surface area contributed by atoms with Gasteiger partial charge in [-0.25, -0.2) is 4.72 Å². The molecular weight excluding hydrogens is 482 g/mol. The van der Waals surface area contributed by atoms with Crippen molar-refractivity contribution in [1.82, 2.24) is 4.72 Å². The molecule has 2 atom stereocenters. The first-order valence-corrected chi connectivity index (χ1v) is 14.2. The van der Waals surface area contributed by atoms with Crippen molar-refractivity contribution < 1.29 is 32.2 Å². The predicted molar refractivity (Wildman–Crippen MR) is 116 cm³/mol. The summed E-state index contributed by atoms with van der Waals surface area (Å²) in [5.41, 5.74) is 0.538. The van der Waals surface area contributed by atoms with E-state index in [4.69, 9.17) is 18.3 Å². The molecule has 0 fully saturated rings. The zero-order valence-electron chi connectivity index (χ0n) is 16.9. The minimum Gasteiger partial charge on any atom is -0.760 e. The van der Waals surface area contributed by atoms with Crippen molar-refractivity contribution in [3.8, 4) is 34.3 Å². The second-order valence-electron chi connectivity index (χ2n) is 7.14. The lowest BCUT2D eigenvalue weighted by Gasteiger charge is -2.20. The molecular formula is C18H25BrNO7SSi-. The van der Waals surface area contributed by atoms with Crippen molar-refractivity contribution in [1.29, 1.82) is 0 Å².